The lowest BCUT2D eigenvalue weighted by Gasteiger charge is -2.27. The van der Waals surface area contributed by atoms with Crippen LogP contribution in [0, 0.1) is 0 Å². The zero-order valence-corrected chi connectivity index (χ0v) is 12.8. The Hall–Kier alpha value is -1.62. The first-order chi connectivity index (χ1) is 9.72. The van der Waals surface area contributed by atoms with E-state index in [1.807, 2.05) is 30.3 Å². The fourth-order valence-electron chi connectivity index (χ4n) is 2.48. The quantitative estimate of drug-likeness (QED) is 0.914. The van der Waals surface area contributed by atoms with Gasteiger partial charge in [0.1, 0.15) is 5.82 Å². The van der Waals surface area contributed by atoms with E-state index >= 15 is 0 Å². The Bertz CT molecular complexity index is 609. The summed E-state index contributed by atoms with van der Waals surface area (Å²) in [5, 5.41) is 0. The maximum absolute atomic E-state index is 5.95. The molecule has 1 aromatic heterocycles. The van der Waals surface area contributed by atoms with E-state index in [9.17, 15) is 0 Å². The van der Waals surface area contributed by atoms with E-state index in [1.165, 1.54) is 19.3 Å². The summed E-state index contributed by atoms with van der Waals surface area (Å²) in [4.78, 5) is 11.3. The predicted molar refractivity (Wildman–Crippen MR) is 85.6 cm³/mol. The molecule has 1 aliphatic heterocycles. The molecular weight excluding hydrogens is 316 g/mol. The Kier molecular flexibility index (Phi) is 3.87. The number of nitrogens with two attached hydrogens (primary N) is 1. The molecule has 3 rings (SSSR count). The number of hydrogen-bond acceptors (Lipinski definition) is 4. The van der Waals surface area contributed by atoms with Crippen LogP contribution in [0.15, 0.2) is 34.8 Å². The lowest BCUT2D eigenvalue weighted by molar-refractivity contribution is 0.568. The molecule has 104 valence electrons. The summed E-state index contributed by atoms with van der Waals surface area (Å²) in [5.41, 5.74) is 7.87. The van der Waals surface area contributed by atoms with Crippen LogP contribution in [0.2, 0.25) is 0 Å². The summed E-state index contributed by atoms with van der Waals surface area (Å²) in [6.07, 6.45) is 3.69. The molecule has 0 unspecified atom stereocenters. The Morgan fingerprint density at radius 1 is 1.05 bits per heavy atom. The van der Waals surface area contributed by atoms with Crippen LogP contribution < -0.4 is 10.6 Å². The normalized spacial score (nSPS) is 15.3. The van der Waals surface area contributed by atoms with Crippen molar-refractivity contribution in [3.05, 3.63) is 34.8 Å². The van der Waals surface area contributed by atoms with E-state index < -0.39 is 0 Å². The predicted octanol–water partition coefficient (Wildman–Crippen LogP) is 3.48. The lowest BCUT2D eigenvalue weighted by Crippen LogP contribution is -2.31. The average molecular weight is 333 g/mol. The minimum Gasteiger partial charge on any atom is -0.384 e. The minimum atomic E-state index is 0.524. The van der Waals surface area contributed by atoms with Crippen LogP contribution in [0.3, 0.4) is 0 Å². The Morgan fingerprint density at radius 2 is 1.85 bits per heavy atom. The van der Waals surface area contributed by atoms with Crippen molar-refractivity contribution in [1.82, 2.24) is 9.97 Å². The summed E-state index contributed by atoms with van der Waals surface area (Å²) in [6, 6.07) is 9.90. The third-order valence-corrected chi connectivity index (χ3v) is 3.99. The summed E-state index contributed by atoms with van der Waals surface area (Å²) >= 11 is 3.49. The molecule has 0 spiro atoms. The molecule has 0 aliphatic carbocycles. The van der Waals surface area contributed by atoms with Crippen molar-refractivity contribution in [2.24, 2.45) is 0 Å². The number of aromatic nitrogens is 2. The second kappa shape index (κ2) is 5.79. The zero-order chi connectivity index (χ0) is 13.9. The van der Waals surface area contributed by atoms with E-state index in [1.54, 1.807) is 0 Å². The molecule has 0 bridgehead atoms. The van der Waals surface area contributed by atoms with Gasteiger partial charge in [0.15, 0.2) is 0 Å². The van der Waals surface area contributed by atoms with Crippen LogP contribution in [0.1, 0.15) is 19.3 Å². The highest BCUT2D eigenvalue weighted by atomic mass is 79.9. The molecule has 1 aliphatic rings. The SMILES string of the molecule is Nc1cc(-c2cccc(Br)c2)nc(N2CCCCC2)n1. The van der Waals surface area contributed by atoms with Gasteiger partial charge in [-0.3, -0.25) is 0 Å². The Balaban J connectivity index is 1.97. The van der Waals surface area contributed by atoms with E-state index in [2.05, 4.69) is 30.8 Å². The maximum atomic E-state index is 5.95. The summed E-state index contributed by atoms with van der Waals surface area (Å²) in [7, 11) is 0. The van der Waals surface area contributed by atoms with E-state index in [4.69, 9.17) is 5.73 Å². The van der Waals surface area contributed by atoms with Crippen molar-refractivity contribution in [2.75, 3.05) is 23.7 Å². The van der Waals surface area contributed by atoms with E-state index in [-0.39, 0.29) is 0 Å². The largest absolute Gasteiger partial charge is 0.384 e. The monoisotopic (exact) mass is 332 g/mol. The fraction of sp³-hybridized carbons (Fsp3) is 0.333. The molecule has 20 heavy (non-hydrogen) atoms. The molecule has 2 N–H and O–H groups in total. The van der Waals surface area contributed by atoms with Gasteiger partial charge in [0, 0.05) is 29.2 Å². The fourth-order valence-corrected chi connectivity index (χ4v) is 2.88. The van der Waals surface area contributed by atoms with Crippen molar-refractivity contribution in [3.63, 3.8) is 0 Å². The molecule has 1 saturated heterocycles. The zero-order valence-electron chi connectivity index (χ0n) is 11.2. The molecular formula is C15H17BrN4. The third kappa shape index (κ3) is 2.93. The van der Waals surface area contributed by atoms with Gasteiger partial charge >= 0.3 is 0 Å². The standard InChI is InChI=1S/C15H17BrN4/c16-12-6-4-5-11(9-12)13-10-14(17)19-15(18-13)20-7-2-1-3-8-20/h4-6,9-10H,1-3,7-8H2,(H2,17,18,19). The first-order valence-electron chi connectivity index (χ1n) is 6.88. The van der Waals surface area contributed by atoms with Crippen LogP contribution in [-0.4, -0.2) is 23.1 Å². The number of nitrogen functional groups attached to an aromatic ring is 1. The third-order valence-electron chi connectivity index (χ3n) is 3.49. The molecule has 2 aromatic rings. The van der Waals surface area contributed by atoms with Crippen LogP contribution in [0.25, 0.3) is 11.3 Å². The van der Waals surface area contributed by atoms with Gasteiger partial charge in [-0.2, -0.15) is 4.98 Å². The molecule has 0 amide bonds. The highest BCUT2D eigenvalue weighted by molar-refractivity contribution is 9.10. The summed E-state index contributed by atoms with van der Waals surface area (Å²) < 4.78 is 1.03. The number of nitrogens with zero attached hydrogens (tertiary/aromatic N) is 3. The number of piperidine rings is 1. The van der Waals surface area contributed by atoms with Crippen LogP contribution in [-0.2, 0) is 0 Å². The van der Waals surface area contributed by atoms with Crippen molar-refractivity contribution in [3.8, 4) is 11.3 Å². The molecule has 2 heterocycles. The van der Waals surface area contributed by atoms with Crippen molar-refractivity contribution in [2.45, 2.75) is 19.3 Å². The number of hydrogen-bond donors (Lipinski definition) is 1. The molecule has 1 fully saturated rings. The van der Waals surface area contributed by atoms with Gasteiger partial charge in [0.25, 0.3) is 0 Å². The van der Waals surface area contributed by atoms with Crippen LogP contribution >= 0.6 is 15.9 Å². The van der Waals surface area contributed by atoms with Crippen LogP contribution in [0.5, 0.6) is 0 Å². The van der Waals surface area contributed by atoms with Crippen molar-refractivity contribution >= 4 is 27.7 Å². The molecule has 4 nitrogen and oxygen atoms in total. The van der Waals surface area contributed by atoms with Crippen molar-refractivity contribution < 1.29 is 0 Å². The van der Waals surface area contributed by atoms with Crippen molar-refractivity contribution in [1.29, 1.82) is 0 Å². The van der Waals surface area contributed by atoms with Gasteiger partial charge in [-0.05, 0) is 31.4 Å². The highest BCUT2D eigenvalue weighted by Crippen LogP contribution is 2.25. The van der Waals surface area contributed by atoms with Gasteiger partial charge in [0.2, 0.25) is 5.95 Å². The summed E-state index contributed by atoms with van der Waals surface area (Å²) in [5.74, 6) is 1.27. The number of anilines is 2. The molecule has 0 saturated carbocycles. The average Bonchev–Trinajstić information content (AvgIpc) is 2.47. The topological polar surface area (TPSA) is 55.0 Å². The van der Waals surface area contributed by atoms with Gasteiger partial charge < -0.3 is 10.6 Å². The van der Waals surface area contributed by atoms with Crippen LogP contribution in [0.4, 0.5) is 11.8 Å². The summed E-state index contributed by atoms with van der Waals surface area (Å²) in [6.45, 7) is 2.03. The second-order valence-corrected chi connectivity index (χ2v) is 5.95. The van der Waals surface area contributed by atoms with E-state index in [0.717, 1.165) is 34.8 Å². The number of rotatable bonds is 2. The van der Waals surface area contributed by atoms with Gasteiger partial charge in [-0.25, -0.2) is 4.98 Å². The minimum absolute atomic E-state index is 0.524. The Morgan fingerprint density at radius 3 is 2.60 bits per heavy atom. The second-order valence-electron chi connectivity index (χ2n) is 5.04. The first-order valence-corrected chi connectivity index (χ1v) is 7.67. The first kappa shape index (κ1) is 13.4. The van der Waals surface area contributed by atoms with E-state index in [0.29, 0.717) is 5.82 Å². The highest BCUT2D eigenvalue weighted by Gasteiger charge is 2.15. The smallest absolute Gasteiger partial charge is 0.227 e. The molecule has 0 radical (unpaired) electrons. The molecule has 1 aromatic carbocycles. The van der Waals surface area contributed by atoms with Gasteiger partial charge in [0.05, 0.1) is 5.69 Å². The van der Waals surface area contributed by atoms with Gasteiger partial charge in [-0.1, -0.05) is 28.1 Å². The number of benzene rings is 1. The molecule has 0 atom stereocenters. The Labute approximate surface area is 127 Å². The molecule has 5 heteroatoms. The lowest BCUT2D eigenvalue weighted by atomic mass is 10.1. The van der Waals surface area contributed by atoms with Gasteiger partial charge in [-0.15, -0.1) is 0 Å². The maximum Gasteiger partial charge on any atom is 0.227 e. The number of halogens is 1.